The van der Waals surface area contributed by atoms with Gasteiger partial charge in [0.1, 0.15) is 11.4 Å². The zero-order valence-electron chi connectivity index (χ0n) is 14.1. The predicted octanol–water partition coefficient (Wildman–Crippen LogP) is 2.85. The highest BCUT2D eigenvalue weighted by Crippen LogP contribution is 2.27. The van der Waals surface area contributed by atoms with Crippen LogP contribution in [-0.2, 0) is 14.3 Å². The lowest BCUT2D eigenvalue weighted by atomic mass is 10.1. The van der Waals surface area contributed by atoms with Gasteiger partial charge in [0.25, 0.3) is 11.6 Å². The van der Waals surface area contributed by atoms with E-state index in [1.165, 1.54) is 12.1 Å². The molecule has 2 rings (SSSR count). The third-order valence-corrected chi connectivity index (χ3v) is 3.39. The number of benzene rings is 2. The first kappa shape index (κ1) is 18.9. The summed E-state index contributed by atoms with van der Waals surface area (Å²) in [5, 5.41) is 13.4. The molecule has 0 bridgehead atoms. The van der Waals surface area contributed by atoms with Crippen LogP contribution in [-0.4, -0.2) is 30.0 Å². The topological polar surface area (TPSA) is 108 Å². The van der Waals surface area contributed by atoms with E-state index in [1.807, 2.05) is 18.2 Å². The van der Waals surface area contributed by atoms with Gasteiger partial charge in [-0.1, -0.05) is 30.3 Å². The van der Waals surface area contributed by atoms with Gasteiger partial charge in [0, 0.05) is 6.07 Å². The van der Waals surface area contributed by atoms with Crippen LogP contribution in [0.4, 0.5) is 11.4 Å². The molecule has 26 heavy (non-hydrogen) atoms. The maximum Gasteiger partial charge on any atom is 0.309 e. The van der Waals surface area contributed by atoms with Gasteiger partial charge < -0.3 is 14.8 Å². The van der Waals surface area contributed by atoms with E-state index in [9.17, 15) is 19.7 Å². The molecular weight excluding hydrogens is 340 g/mol. The molecule has 0 heterocycles. The number of hydrogen-bond donors (Lipinski definition) is 1. The lowest BCUT2D eigenvalue weighted by molar-refractivity contribution is -0.384. The summed E-state index contributed by atoms with van der Waals surface area (Å²) in [5.41, 5.74) is 0.405. The number of hydrogen-bond acceptors (Lipinski definition) is 6. The van der Waals surface area contributed by atoms with Crippen molar-refractivity contribution in [3.05, 3.63) is 64.2 Å². The second kappa shape index (κ2) is 9.16. The summed E-state index contributed by atoms with van der Waals surface area (Å²) >= 11 is 0. The number of nitro benzene ring substituents is 1. The Hall–Kier alpha value is -3.42. The Morgan fingerprint density at radius 3 is 2.54 bits per heavy atom. The number of nitro groups is 1. The van der Waals surface area contributed by atoms with E-state index in [4.69, 9.17) is 9.47 Å². The molecule has 0 saturated heterocycles. The van der Waals surface area contributed by atoms with Gasteiger partial charge in [-0.05, 0) is 24.6 Å². The number of esters is 1. The van der Waals surface area contributed by atoms with Gasteiger partial charge in [0.15, 0.2) is 6.61 Å². The average molecular weight is 358 g/mol. The Morgan fingerprint density at radius 1 is 1.12 bits per heavy atom. The summed E-state index contributed by atoms with van der Waals surface area (Å²) in [6.07, 6.45) is -0.0211. The number of para-hydroxylation sites is 2. The summed E-state index contributed by atoms with van der Waals surface area (Å²) in [6, 6.07) is 13.4. The molecule has 2 aromatic rings. The molecule has 0 radical (unpaired) electrons. The van der Waals surface area contributed by atoms with Crippen molar-refractivity contribution in [2.75, 3.05) is 18.5 Å². The Balaban J connectivity index is 1.78. The molecule has 8 nitrogen and oxygen atoms in total. The standard InChI is InChI=1S/C18H18N2O6/c1-13-6-5-9-15(20(23)24)18(13)19-16(21)12-26-17(22)10-11-25-14-7-3-2-4-8-14/h2-9H,10-12H2,1H3,(H,19,21). The summed E-state index contributed by atoms with van der Waals surface area (Å²) in [5.74, 6) is -0.625. The van der Waals surface area contributed by atoms with Crippen molar-refractivity contribution in [2.45, 2.75) is 13.3 Å². The molecule has 8 heteroatoms. The summed E-state index contributed by atoms with van der Waals surface area (Å²) in [4.78, 5) is 34.0. The van der Waals surface area contributed by atoms with E-state index in [2.05, 4.69) is 5.32 Å². The number of amides is 1. The van der Waals surface area contributed by atoms with Crippen LogP contribution in [0.15, 0.2) is 48.5 Å². The van der Waals surface area contributed by atoms with Gasteiger partial charge in [-0.3, -0.25) is 19.7 Å². The molecule has 0 aliphatic heterocycles. The normalized spacial score (nSPS) is 10.0. The first-order valence-electron chi connectivity index (χ1n) is 7.84. The van der Waals surface area contributed by atoms with Crippen LogP contribution >= 0.6 is 0 Å². The molecule has 136 valence electrons. The number of anilines is 1. The van der Waals surface area contributed by atoms with Crippen molar-refractivity contribution in [3.8, 4) is 5.75 Å². The Morgan fingerprint density at radius 2 is 1.85 bits per heavy atom. The molecule has 1 N–H and O–H groups in total. The van der Waals surface area contributed by atoms with Crippen LogP contribution in [0.25, 0.3) is 0 Å². The maximum absolute atomic E-state index is 11.9. The molecule has 0 spiro atoms. The largest absolute Gasteiger partial charge is 0.493 e. The van der Waals surface area contributed by atoms with Gasteiger partial charge in [-0.25, -0.2) is 0 Å². The van der Waals surface area contributed by atoms with Crippen molar-refractivity contribution in [1.82, 2.24) is 0 Å². The number of rotatable bonds is 8. The van der Waals surface area contributed by atoms with E-state index < -0.39 is 23.4 Å². The molecule has 1 amide bonds. The number of carbonyl (C=O) groups is 2. The van der Waals surface area contributed by atoms with Crippen LogP contribution in [0.5, 0.6) is 5.75 Å². The van der Waals surface area contributed by atoms with Gasteiger partial charge in [-0.2, -0.15) is 0 Å². The SMILES string of the molecule is Cc1cccc([N+](=O)[O-])c1NC(=O)COC(=O)CCOc1ccccc1. The maximum atomic E-state index is 11.9. The Kier molecular flexibility index (Phi) is 6.67. The highest BCUT2D eigenvalue weighted by Gasteiger charge is 2.18. The van der Waals surface area contributed by atoms with Crippen molar-refractivity contribution in [3.63, 3.8) is 0 Å². The zero-order valence-corrected chi connectivity index (χ0v) is 14.1. The van der Waals surface area contributed by atoms with E-state index in [0.29, 0.717) is 11.3 Å². The third-order valence-electron chi connectivity index (χ3n) is 3.39. The zero-order chi connectivity index (χ0) is 18.9. The minimum atomic E-state index is -0.653. The molecular formula is C18H18N2O6. The van der Waals surface area contributed by atoms with Crippen molar-refractivity contribution in [2.24, 2.45) is 0 Å². The summed E-state index contributed by atoms with van der Waals surface area (Å²) in [7, 11) is 0. The lowest BCUT2D eigenvalue weighted by Gasteiger charge is -2.09. The fourth-order valence-electron chi connectivity index (χ4n) is 2.13. The van der Waals surface area contributed by atoms with Crippen LogP contribution in [0.1, 0.15) is 12.0 Å². The van der Waals surface area contributed by atoms with Crippen molar-refractivity contribution >= 4 is 23.3 Å². The van der Waals surface area contributed by atoms with E-state index in [1.54, 1.807) is 25.1 Å². The van der Waals surface area contributed by atoms with Gasteiger partial charge in [-0.15, -0.1) is 0 Å². The predicted molar refractivity (Wildman–Crippen MR) is 94.0 cm³/mol. The minimum Gasteiger partial charge on any atom is -0.493 e. The highest BCUT2D eigenvalue weighted by molar-refractivity contribution is 5.95. The van der Waals surface area contributed by atoms with Crippen LogP contribution < -0.4 is 10.1 Å². The molecule has 0 fully saturated rings. The number of ether oxygens (including phenoxy) is 2. The molecule has 0 aliphatic rings. The smallest absolute Gasteiger partial charge is 0.309 e. The third kappa shape index (κ3) is 5.59. The van der Waals surface area contributed by atoms with Crippen molar-refractivity contribution < 1.29 is 24.0 Å². The number of nitrogens with zero attached hydrogens (tertiary/aromatic N) is 1. The fourth-order valence-corrected chi connectivity index (χ4v) is 2.13. The fraction of sp³-hybridized carbons (Fsp3) is 0.222. The summed E-state index contributed by atoms with van der Waals surface area (Å²) in [6.45, 7) is 1.22. The van der Waals surface area contributed by atoms with Crippen molar-refractivity contribution in [1.29, 1.82) is 0 Å². The monoisotopic (exact) mass is 358 g/mol. The quantitative estimate of drug-likeness (QED) is 0.442. The molecule has 0 aromatic heterocycles. The molecule has 0 aliphatic carbocycles. The van der Waals surface area contributed by atoms with Gasteiger partial charge in [0.2, 0.25) is 0 Å². The van der Waals surface area contributed by atoms with E-state index >= 15 is 0 Å². The second-order valence-electron chi connectivity index (χ2n) is 5.35. The number of nitrogens with one attached hydrogen (secondary N) is 1. The average Bonchev–Trinajstić information content (AvgIpc) is 2.62. The number of carbonyl (C=O) groups excluding carboxylic acids is 2. The summed E-state index contributed by atoms with van der Waals surface area (Å²) < 4.78 is 10.2. The second-order valence-corrected chi connectivity index (χ2v) is 5.35. The van der Waals surface area contributed by atoms with E-state index in [0.717, 1.165) is 0 Å². The highest BCUT2D eigenvalue weighted by atomic mass is 16.6. The van der Waals surface area contributed by atoms with Crippen LogP contribution in [0, 0.1) is 17.0 Å². The molecule has 2 aromatic carbocycles. The molecule has 0 unspecified atom stereocenters. The van der Waals surface area contributed by atoms with E-state index in [-0.39, 0.29) is 24.4 Å². The van der Waals surface area contributed by atoms with Crippen LogP contribution in [0.3, 0.4) is 0 Å². The van der Waals surface area contributed by atoms with Gasteiger partial charge in [0.05, 0.1) is 18.0 Å². The number of aryl methyl sites for hydroxylation is 1. The lowest BCUT2D eigenvalue weighted by Crippen LogP contribution is -2.22. The Bertz CT molecular complexity index is 792. The Labute approximate surface area is 149 Å². The molecule has 0 saturated carbocycles. The first-order valence-corrected chi connectivity index (χ1v) is 7.84. The first-order chi connectivity index (χ1) is 12.5. The minimum absolute atomic E-state index is 0.0211. The van der Waals surface area contributed by atoms with Gasteiger partial charge >= 0.3 is 5.97 Å². The van der Waals surface area contributed by atoms with Crippen LogP contribution in [0.2, 0.25) is 0 Å². The molecule has 0 atom stereocenters.